The number of alkyl halides is 1. The van der Waals surface area contributed by atoms with E-state index in [2.05, 4.69) is 35.5 Å². The van der Waals surface area contributed by atoms with Crippen LogP contribution in [-0.4, -0.2) is 14.8 Å². The minimum Gasteiger partial charge on any atom is -0.313 e. The van der Waals surface area contributed by atoms with Gasteiger partial charge < -0.3 is 4.57 Å². The van der Waals surface area contributed by atoms with Gasteiger partial charge in [0.2, 0.25) is 0 Å². The second-order valence-corrected chi connectivity index (χ2v) is 3.77. The molecule has 3 nitrogen and oxygen atoms in total. The third kappa shape index (κ3) is 2.21. The van der Waals surface area contributed by atoms with Gasteiger partial charge in [-0.15, -0.1) is 21.8 Å². The van der Waals surface area contributed by atoms with E-state index in [-0.39, 0.29) is 0 Å². The van der Waals surface area contributed by atoms with E-state index in [1.807, 2.05) is 0 Å². The van der Waals surface area contributed by atoms with Crippen molar-refractivity contribution in [1.82, 2.24) is 14.8 Å². The Balaban J connectivity index is 2.90. The summed E-state index contributed by atoms with van der Waals surface area (Å²) in [6.45, 7) is 6.57. The van der Waals surface area contributed by atoms with Crippen LogP contribution in [0.25, 0.3) is 0 Å². The molecule has 0 fully saturated rings. The molecule has 1 heterocycles. The zero-order valence-electron chi connectivity index (χ0n) is 8.37. The molecule has 0 radical (unpaired) electrons. The van der Waals surface area contributed by atoms with Gasteiger partial charge in [0.25, 0.3) is 0 Å². The van der Waals surface area contributed by atoms with Gasteiger partial charge in [0.05, 0.1) is 5.88 Å². The molecule has 1 aromatic heterocycles. The molecule has 0 aliphatic rings. The van der Waals surface area contributed by atoms with Gasteiger partial charge >= 0.3 is 0 Å². The van der Waals surface area contributed by atoms with Crippen LogP contribution >= 0.6 is 11.6 Å². The first-order chi connectivity index (χ1) is 6.20. The topological polar surface area (TPSA) is 30.7 Å². The van der Waals surface area contributed by atoms with E-state index in [4.69, 9.17) is 11.6 Å². The standard InChI is InChI=1S/C9H16ClN3/c1-4-8(7(2)3)13-6-11-12-9(13)5-10/h6-8H,4-5H2,1-3H3. The van der Waals surface area contributed by atoms with E-state index in [0.717, 1.165) is 12.2 Å². The van der Waals surface area contributed by atoms with E-state index in [0.29, 0.717) is 17.8 Å². The smallest absolute Gasteiger partial charge is 0.148 e. The van der Waals surface area contributed by atoms with Crippen molar-refractivity contribution in [2.24, 2.45) is 5.92 Å². The fourth-order valence-corrected chi connectivity index (χ4v) is 1.82. The van der Waals surface area contributed by atoms with Crippen molar-refractivity contribution in [2.45, 2.75) is 39.1 Å². The van der Waals surface area contributed by atoms with Crippen LogP contribution in [0.15, 0.2) is 6.33 Å². The Morgan fingerprint density at radius 1 is 1.54 bits per heavy atom. The second kappa shape index (κ2) is 4.61. The van der Waals surface area contributed by atoms with Gasteiger partial charge in [-0.25, -0.2) is 0 Å². The lowest BCUT2D eigenvalue weighted by molar-refractivity contribution is 0.358. The number of hydrogen-bond acceptors (Lipinski definition) is 2. The number of rotatable bonds is 4. The monoisotopic (exact) mass is 201 g/mol. The molecule has 0 amide bonds. The van der Waals surface area contributed by atoms with Gasteiger partial charge in [-0.1, -0.05) is 20.8 Å². The van der Waals surface area contributed by atoms with Gasteiger partial charge in [0, 0.05) is 6.04 Å². The summed E-state index contributed by atoms with van der Waals surface area (Å²) in [4.78, 5) is 0. The fourth-order valence-electron chi connectivity index (χ4n) is 1.63. The Hall–Kier alpha value is -0.570. The highest BCUT2D eigenvalue weighted by atomic mass is 35.5. The molecule has 0 N–H and O–H groups in total. The minimum atomic E-state index is 0.434. The highest BCUT2D eigenvalue weighted by Crippen LogP contribution is 2.22. The van der Waals surface area contributed by atoms with E-state index in [1.54, 1.807) is 6.33 Å². The molecule has 1 atom stereocenters. The molecule has 0 aromatic carbocycles. The van der Waals surface area contributed by atoms with Gasteiger partial charge in [0.1, 0.15) is 12.2 Å². The highest BCUT2D eigenvalue weighted by molar-refractivity contribution is 6.16. The fraction of sp³-hybridized carbons (Fsp3) is 0.778. The van der Waals surface area contributed by atoms with Crippen LogP contribution < -0.4 is 0 Å². The minimum absolute atomic E-state index is 0.434. The molecule has 0 aliphatic heterocycles. The maximum Gasteiger partial charge on any atom is 0.148 e. The van der Waals surface area contributed by atoms with E-state index < -0.39 is 0 Å². The van der Waals surface area contributed by atoms with Crippen LogP contribution in [0.5, 0.6) is 0 Å². The molecule has 4 heteroatoms. The molecular formula is C9H16ClN3. The first-order valence-corrected chi connectivity index (χ1v) is 5.18. The summed E-state index contributed by atoms with van der Waals surface area (Å²) in [5.74, 6) is 1.88. The lowest BCUT2D eigenvalue weighted by Gasteiger charge is -2.21. The maximum atomic E-state index is 5.76. The van der Waals surface area contributed by atoms with Gasteiger partial charge in [-0.2, -0.15) is 0 Å². The van der Waals surface area contributed by atoms with Crippen molar-refractivity contribution in [3.63, 3.8) is 0 Å². The lowest BCUT2D eigenvalue weighted by atomic mass is 10.0. The number of aromatic nitrogens is 3. The summed E-state index contributed by atoms with van der Waals surface area (Å²) in [5, 5.41) is 7.84. The summed E-state index contributed by atoms with van der Waals surface area (Å²) in [7, 11) is 0. The van der Waals surface area contributed by atoms with Crippen LogP contribution in [0.1, 0.15) is 39.1 Å². The number of nitrogens with zero attached hydrogens (tertiary/aromatic N) is 3. The molecule has 0 bridgehead atoms. The van der Waals surface area contributed by atoms with E-state index in [1.165, 1.54) is 0 Å². The Morgan fingerprint density at radius 3 is 2.69 bits per heavy atom. The summed E-state index contributed by atoms with van der Waals surface area (Å²) in [6.07, 6.45) is 2.85. The van der Waals surface area contributed by atoms with Crippen LogP contribution in [0.2, 0.25) is 0 Å². The average molecular weight is 202 g/mol. The Kier molecular flexibility index (Phi) is 3.72. The van der Waals surface area contributed by atoms with Crippen LogP contribution in [-0.2, 0) is 5.88 Å². The second-order valence-electron chi connectivity index (χ2n) is 3.51. The average Bonchev–Trinajstić information content (AvgIpc) is 2.53. The normalized spacial score (nSPS) is 13.6. The van der Waals surface area contributed by atoms with Gasteiger partial charge in [0.15, 0.2) is 0 Å². The molecule has 0 aliphatic carbocycles. The number of hydrogen-bond donors (Lipinski definition) is 0. The van der Waals surface area contributed by atoms with E-state index >= 15 is 0 Å². The Bertz CT molecular complexity index is 257. The Labute approximate surface area is 84.1 Å². The Morgan fingerprint density at radius 2 is 2.23 bits per heavy atom. The van der Waals surface area contributed by atoms with Crippen molar-refractivity contribution in [2.75, 3.05) is 0 Å². The highest BCUT2D eigenvalue weighted by Gasteiger charge is 2.16. The molecule has 0 spiro atoms. The van der Waals surface area contributed by atoms with Crippen LogP contribution in [0.4, 0.5) is 0 Å². The molecule has 13 heavy (non-hydrogen) atoms. The third-order valence-corrected chi connectivity index (χ3v) is 2.55. The van der Waals surface area contributed by atoms with Crippen molar-refractivity contribution in [3.05, 3.63) is 12.2 Å². The molecule has 0 saturated heterocycles. The largest absolute Gasteiger partial charge is 0.313 e. The zero-order chi connectivity index (χ0) is 9.84. The predicted octanol–water partition coefficient (Wildman–Crippen LogP) is 2.62. The number of halogens is 1. The van der Waals surface area contributed by atoms with Crippen LogP contribution in [0, 0.1) is 5.92 Å². The molecule has 1 rings (SSSR count). The summed E-state index contributed by atoms with van der Waals surface area (Å²) < 4.78 is 2.08. The summed E-state index contributed by atoms with van der Waals surface area (Å²) >= 11 is 5.76. The van der Waals surface area contributed by atoms with Gasteiger partial charge in [-0.05, 0) is 12.3 Å². The zero-order valence-corrected chi connectivity index (χ0v) is 9.12. The molecular weight excluding hydrogens is 186 g/mol. The predicted molar refractivity (Wildman–Crippen MR) is 53.7 cm³/mol. The van der Waals surface area contributed by atoms with Crippen molar-refractivity contribution < 1.29 is 0 Å². The molecule has 0 saturated carbocycles. The molecule has 74 valence electrons. The molecule has 1 aromatic rings. The summed E-state index contributed by atoms with van der Waals surface area (Å²) in [5.41, 5.74) is 0. The third-order valence-electron chi connectivity index (χ3n) is 2.31. The van der Waals surface area contributed by atoms with Gasteiger partial charge in [-0.3, -0.25) is 0 Å². The lowest BCUT2D eigenvalue weighted by Crippen LogP contribution is -2.15. The van der Waals surface area contributed by atoms with E-state index in [9.17, 15) is 0 Å². The maximum absolute atomic E-state index is 5.76. The SMILES string of the molecule is CCC(C(C)C)n1cnnc1CCl. The van der Waals surface area contributed by atoms with Crippen molar-refractivity contribution >= 4 is 11.6 Å². The quantitative estimate of drug-likeness (QED) is 0.702. The summed E-state index contributed by atoms with van der Waals surface area (Å²) in [6, 6.07) is 0.462. The van der Waals surface area contributed by atoms with Crippen molar-refractivity contribution in [1.29, 1.82) is 0 Å². The van der Waals surface area contributed by atoms with Crippen LogP contribution in [0.3, 0.4) is 0 Å². The van der Waals surface area contributed by atoms with Crippen molar-refractivity contribution in [3.8, 4) is 0 Å². The first-order valence-electron chi connectivity index (χ1n) is 4.65. The molecule has 1 unspecified atom stereocenters. The first kappa shape index (κ1) is 10.5.